The van der Waals surface area contributed by atoms with Crippen molar-refractivity contribution in [3.05, 3.63) is 0 Å². The van der Waals surface area contributed by atoms with Crippen molar-refractivity contribution in [1.29, 1.82) is 0 Å². The number of alkyl halides is 1. The van der Waals surface area contributed by atoms with Gasteiger partial charge in [-0.05, 0) is 43.9 Å². The van der Waals surface area contributed by atoms with E-state index in [0.717, 1.165) is 30.7 Å². The highest BCUT2D eigenvalue weighted by atomic mass is 35.5. The molecular formula is C10H17ClO. The molecule has 3 atom stereocenters. The Hall–Kier alpha value is 0.250. The fraction of sp³-hybridized carbons (Fsp3) is 1.00. The molecule has 2 aliphatic carbocycles. The van der Waals surface area contributed by atoms with Gasteiger partial charge in [0.1, 0.15) is 0 Å². The van der Waals surface area contributed by atoms with Gasteiger partial charge >= 0.3 is 0 Å². The van der Waals surface area contributed by atoms with E-state index in [-0.39, 0.29) is 0 Å². The highest BCUT2D eigenvalue weighted by Crippen LogP contribution is 2.45. The molecule has 3 unspecified atom stereocenters. The summed E-state index contributed by atoms with van der Waals surface area (Å²) in [7, 11) is 0. The SMILES string of the molecule is ClCCCOC1CC2CCC1C2. The van der Waals surface area contributed by atoms with Crippen molar-refractivity contribution in [1.82, 2.24) is 0 Å². The molecule has 0 spiro atoms. The summed E-state index contributed by atoms with van der Waals surface area (Å²) in [6.45, 7) is 0.872. The third-order valence-corrected chi connectivity index (χ3v) is 3.55. The third-order valence-electron chi connectivity index (χ3n) is 3.28. The second-order valence-corrected chi connectivity index (χ2v) is 4.50. The third kappa shape index (κ3) is 1.77. The summed E-state index contributed by atoms with van der Waals surface area (Å²) >= 11 is 5.59. The molecule has 2 heteroatoms. The largest absolute Gasteiger partial charge is 0.378 e. The van der Waals surface area contributed by atoms with Gasteiger partial charge in [0.2, 0.25) is 0 Å². The first kappa shape index (κ1) is 8.83. The molecule has 1 nitrogen and oxygen atoms in total. The standard InChI is InChI=1S/C10H17ClO/c11-4-1-5-12-10-7-8-2-3-9(10)6-8/h8-10H,1-7H2. The molecule has 70 valence electrons. The van der Waals surface area contributed by atoms with Crippen LogP contribution in [0.15, 0.2) is 0 Å². The zero-order chi connectivity index (χ0) is 8.39. The smallest absolute Gasteiger partial charge is 0.0606 e. The molecule has 0 N–H and O–H groups in total. The topological polar surface area (TPSA) is 9.23 Å². The van der Waals surface area contributed by atoms with Crippen LogP contribution in [0.1, 0.15) is 32.1 Å². The van der Waals surface area contributed by atoms with Crippen LogP contribution in [0.5, 0.6) is 0 Å². The van der Waals surface area contributed by atoms with E-state index in [4.69, 9.17) is 16.3 Å². The first-order valence-electron chi connectivity index (χ1n) is 5.07. The molecule has 2 saturated carbocycles. The molecule has 0 heterocycles. The van der Waals surface area contributed by atoms with E-state index in [1.165, 1.54) is 25.7 Å². The minimum Gasteiger partial charge on any atom is -0.378 e. The zero-order valence-electron chi connectivity index (χ0n) is 7.47. The molecule has 0 aromatic rings. The lowest BCUT2D eigenvalue weighted by molar-refractivity contribution is 0.0173. The van der Waals surface area contributed by atoms with Gasteiger partial charge in [-0.3, -0.25) is 0 Å². The summed E-state index contributed by atoms with van der Waals surface area (Å²) in [4.78, 5) is 0. The lowest BCUT2D eigenvalue weighted by Gasteiger charge is -2.21. The molecule has 2 rings (SSSR count). The van der Waals surface area contributed by atoms with E-state index in [2.05, 4.69) is 0 Å². The molecule has 0 radical (unpaired) electrons. The molecular weight excluding hydrogens is 172 g/mol. The maximum atomic E-state index is 5.79. The highest BCUT2D eigenvalue weighted by Gasteiger charge is 2.39. The van der Waals surface area contributed by atoms with E-state index in [1.807, 2.05) is 0 Å². The second kappa shape index (κ2) is 3.97. The van der Waals surface area contributed by atoms with Crippen molar-refractivity contribution in [3.8, 4) is 0 Å². The van der Waals surface area contributed by atoms with E-state index < -0.39 is 0 Å². The molecule has 0 amide bonds. The van der Waals surface area contributed by atoms with Crippen LogP contribution >= 0.6 is 11.6 Å². The van der Waals surface area contributed by atoms with Gasteiger partial charge in [-0.1, -0.05) is 0 Å². The number of hydrogen-bond donors (Lipinski definition) is 0. The molecule has 2 fully saturated rings. The molecule has 0 saturated heterocycles. The van der Waals surface area contributed by atoms with Gasteiger partial charge in [-0.15, -0.1) is 11.6 Å². The maximum absolute atomic E-state index is 5.79. The van der Waals surface area contributed by atoms with Crippen LogP contribution in [0.4, 0.5) is 0 Å². The monoisotopic (exact) mass is 188 g/mol. The summed E-state index contributed by atoms with van der Waals surface area (Å²) in [5.74, 6) is 2.63. The molecule has 12 heavy (non-hydrogen) atoms. The maximum Gasteiger partial charge on any atom is 0.0606 e. The molecule has 0 aromatic carbocycles. The Bertz CT molecular complexity index is 149. The Labute approximate surface area is 79.4 Å². The Morgan fingerprint density at radius 1 is 1.25 bits per heavy atom. The fourth-order valence-corrected chi connectivity index (χ4v) is 2.79. The Morgan fingerprint density at radius 3 is 2.75 bits per heavy atom. The average molecular weight is 189 g/mol. The lowest BCUT2D eigenvalue weighted by Crippen LogP contribution is -2.20. The van der Waals surface area contributed by atoms with Crippen molar-refractivity contribution < 1.29 is 4.74 Å². The number of rotatable bonds is 4. The van der Waals surface area contributed by atoms with Crippen LogP contribution < -0.4 is 0 Å². The van der Waals surface area contributed by atoms with Crippen LogP contribution in [0.25, 0.3) is 0 Å². The fourth-order valence-electron chi connectivity index (χ4n) is 2.68. The van der Waals surface area contributed by atoms with Crippen molar-refractivity contribution in [2.75, 3.05) is 12.5 Å². The van der Waals surface area contributed by atoms with Crippen molar-refractivity contribution in [2.45, 2.75) is 38.2 Å². The number of hydrogen-bond acceptors (Lipinski definition) is 1. The van der Waals surface area contributed by atoms with Crippen LogP contribution in [0, 0.1) is 11.8 Å². The predicted molar refractivity (Wildman–Crippen MR) is 50.5 cm³/mol. The van der Waals surface area contributed by atoms with Gasteiger partial charge in [-0.25, -0.2) is 0 Å². The van der Waals surface area contributed by atoms with Gasteiger partial charge in [0.15, 0.2) is 0 Å². The van der Waals surface area contributed by atoms with Gasteiger partial charge < -0.3 is 4.74 Å². The Kier molecular flexibility index (Phi) is 2.92. The summed E-state index contributed by atoms with van der Waals surface area (Å²) in [6.07, 6.45) is 7.23. The quantitative estimate of drug-likeness (QED) is 0.487. The molecule has 2 aliphatic rings. The lowest BCUT2D eigenvalue weighted by atomic mass is 9.98. The number of halogens is 1. The zero-order valence-corrected chi connectivity index (χ0v) is 8.22. The van der Waals surface area contributed by atoms with Gasteiger partial charge in [0.25, 0.3) is 0 Å². The molecule has 2 bridgehead atoms. The van der Waals surface area contributed by atoms with Crippen LogP contribution in [-0.4, -0.2) is 18.6 Å². The first-order chi connectivity index (χ1) is 5.90. The summed E-state index contributed by atoms with van der Waals surface area (Å²) in [5, 5.41) is 0. The first-order valence-corrected chi connectivity index (χ1v) is 5.61. The summed E-state index contributed by atoms with van der Waals surface area (Å²) in [6, 6.07) is 0. The average Bonchev–Trinajstić information content (AvgIpc) is 2.65. The van der Waals surface area contributed by atoms with Crippen LogP contribution in [0.3, 0.4) is 0 Å². The highest BCUT2D eigenvalue weighted by molar-refractivity contribution is 6.17. The van der Waals surface area contributed by atoms with Gasteiger partial charge in [0, 0.05) is 12.5 Å². The van der Waals surface area contributed by atoms with E-state index in [1.54, 1.807) is 0 Å². The molecule has 0 aromatic heterocycles. The van der Waals surface area contributed by atoms with Crippen LogP contribution in [-0.2, 0) is 4.74 Å². The van der Waals surface area contributed by atoms with E-state index >= 15 is 0 Å². The van der Waals surface area contributed by atoms with Crippen LogP contribution in [0.2, 0.25) is 0 Å². The van der Waals surface area contributed by atoms with Gasteiger partial charge in [0.05, 0.1) is 6.10 Å². The van der Waals surface area contributed by atoms with E-state index in [0.29, 0.717) is 6.10 Å². The minimum atomic E-state index is 0.590. The Balaban J connectivity index is 1.69. The predicted octanol–water partition coefficient (Wildman–Crippen LogP) is 2.82. The Morgan fingerprint density at radius 2 is 2.17 bits per heavy atom. The van der Waals surface area contributed by atoms with Crippen molar-refractivity contribution in [3.63, 3.8) is 0 Å². The minimum absolute atomic E-state index is 0.590. The normalized spacial score (nSPS) is 39.2. The molecule has 0 aliphatic heterocycles. The number of fused-ring (bicyclic) bond motifs is 2. The van der Waals surface area contributed by atoms with Crippen molar-refractivity contribution in [2.24, 2.45) is 11.8 Å². The summed E-state index contributed by atoms with van der Waals surface area (Å²) in [5.41, 5.74) is 0. The summed E-state index contributed by atoms with van der Waals surface area (Å²) < 4.78 is 5.79. The second-order valence-electron chi connectivity index (χ2n) is 4.13. The van der Waals surface area contributed by atoms with E-state index in [9.17, 15) is 0 Å². The van der Waals surface area contributed by atoms with Crippen molar-refractivity contribution >= 4 is 11.6 Å². The van der Waals surface area contributed by atoms with Gasteiger partial charge in [-0.2, -0.15) is 0 Å². The number of ether oxygens (including phenoxy) is 1.